The number of carbonyl (C=O) groups is 1. The molecule has 1 aromatic rings. The lowest BCUT2D eigenvalue weighted by Crippen LogP contribution is -2.35. The van der Waals surface area contributed by atoms with E-state index in [4.69, 9.17) is 15.2 Å². The van der Waals surface area contributed by atoms with Gasteiger partial charge in [-0.05, 0) is 12.1 Å². The zero-order valence-corrected chi connectivity index (χ0v) is 9.97. The normalized spacial score (nSPS) is 12.1. The Hall–Kier alpha value is -1.66. The molecule has 0 aliphatic rings. The van der Waals surface area contributed by atoms with Gasteiger partial charge in [0.2, 0.25) is 0 Å². The summed E-state index contributed by atoms with van der Waals surface area (Å²) < 4.78 is 10.1. The molecule has 0 saturated heterocycles. The summed E-state index contributed by atoms with van der Waals surface area (Å²) in [7, 11) is 3.15. The lowest BCUT2D eigenvalue weighted by Gasteiger charge is -2.14. The molecule has 0 aromatic carbocycles. The number of methoxy groups -OCH3 is 2. The number of carbonyl (C=O) groups excluding carboxylic acids is 1. The predicted octanol–water partition coefficient (Wildman–Crippen LogP) is 0.0550. The average molecular weight is 239 g/mol. The molecule has 1 atom stereocenters. The molecule has 0 aliphatic carbocycles. The second-order valence-electron chi connectivity index (χ2n) is 3.50. The summed E-state index contributed by atoms with van der Waals surface area (Å²) in [6, 6.07) is 3.20. The molecule has 0 radical (unpaired) electrons. The molecule has 1 aromatic heterocycles. The molecule has 0 bridgehead atoms. The molecule has 1 amide bonds. The molecule has 6 heteroatoms. The Morgan fingerprint density at radius 1 is 1.53 bits per heavy atom. The second-order valence-corrected chi connectivity index (χ2v) is 3.50. The van der Waals surface area contributed by atoms with Gasteiger partial charge in [0, 0.05) is 20.8 Å². The van der Waals surface area contributed by atoms with Crippen molar-refractivity contribution in [1.82, 2.24) is 10.3 Å². The van der Waals surface area contributed by atoms with E-state index in [1.165, 1.54) is 6.20 Å². The number of nitrogens with one attached hydrogen (secondary N) is 1. The first kappa shape index (κ1) is 13.4. The van der Waals surface area contributed by atoms with Gasteiger partial charge in [0.15, 0.2) is 0 Å². The zero-order chi connectivity index (χ0) is 12.7. The Morgan fingerprint density at radius 2 is 2.29 bits per heavy atom. The number of nitrogen functional groups attached to an aromatic ring is 1. The highest BCUT2D eigenvalue weighted by Gasteiger charge is 2.11. The van der Waals surface area contributed by atoms with Crippen LogP contribution in [0.2, 0.25) is 0 Å². The number of hydrogen-bond donors (Lipinski definition) is 2. The number of pyridine rings is 1. The monoisotopic (exact) mass is 239 g/mol. The highest BCUT2D eigenvalue weighted by Crippen LogP contribution is 2.01. The highest BCUT2D eigenvalue weighted by atomic mass is 16.5. The highest BCUT2D eigenvalue weighted by molar-refractivity contribution is 5.92. The van der Waals surface area contributed by atoms with Crippen molar-refractivity contribution in [3.63, 3.8) is 0 Å². The molecule has 3 N–H and O–H groups in total. The number of anilines is 1. The molecule has 1 heterocycles. The molecule has 6 nitrogen and oxygen atoms in total. The molecule has 0 aliphatic heterocycles. The first-order valence-electron chi connectivity index (χ1n) is 5.18. The van der Waals surface area contributed by atoms with Crippen molar-refractivity contribution in [3.8, 4) is 0 Å². The Bertz CT molecular complexity index is 353. The Morgan fingerprint density at radius 3 is 2.82 bits per heavy atom. The number of nitrogens with two attached hydrogens (primary N) is 1. The fourth-order valence-electron chi connectivity index (χ4n) is 1.23. The van der Waals surface area contributed by atoms with E-state index >= 15 is 0 Å². The third-order valence-corrected chi connectivity index (χ3v) is 2.20. The van der Waals surface area contributed by atoms with Gasteiger partial charge >= 0.3 is 0 Å². The minimum atomic E-state index is -0.261. The largest absolute Gasteiger partial charge is 0.397 e. The Balaban J connectivity index is 2.46. The van der Waals surface area contributed by atoms with Crippen LogP contribution in [0.25, 0.3) is 0 Å². The van der Waals surface area contributed by atoms with E-state index < -0.39 is 0 Å². The Kier molecular flexibility index (Phi) is 5.38. The fraction of sp³-hybridized carbons (Fsp3) is 0.455. The standard InChI is InChI=1S/C11H17N3O3/c1-16-7-9(17-2)6-14-11(15)10-4-3-8(12)5-13-10/h3-5,9H,6-7,12H2,1-2H3,(H,14,15). The summed E-state index contributed by atoms with van der Waals surface area (Å²) >= 11 is 0. The van der Waals surface area contributed by atoms with E-state index in [0.717, 1.165) is 0 Å². The van der Waals surface area contributed by atoms with Crippen molar-refractivity contribution in [2.24, 2.45) is 0 Å². The summed E-state index contributed by atoms with van der Waals surface area (Å²) in [6.07, 6.45) is 1.27. The molecule has 1 rings (SSSR count). The van der Waals surface area contributed by atoms with Crippen LogP contribution in [-0.4, -0.2) is 44.4 Å². The molecule has 0 fully saturated rings. The maximum absolute atomic E-state index is 11.7. The van der Waals surface area contributed by atoms with Gasteiger partial charge in [-0.15, -0.1) is 0 Å². The molecule has 1 unspecified atom stereocenters. The minimum absolute atomic E-state index is 0.169. The molecule has 0 saturated carbocycles. The second kappa shape index (κ2) is 6.82. The molecule has 17 heavy (non-hydrogen) atoms. The topological polar surface area (TPSA) is 86.5 Å². The van der Waals surface area contributed by atoms with Gasteiger partial charge in [-0.25, -0.2) is 4.98 Å². The number of ether oxygens (including phenoxy) is 2. The van der Waals surface area contributed by atoms with Crippen LogP contribution in [0.4, 0.5) is 5.69 Å². The lowest BCUT2D eigenvalue weighted by molar-refractivity contribution is 0.0285. The van der Waals surface area contributed by atoms with Gasteiger partial charge < -0.3 is 20.5 Å². The van der Waals surface area contributed by atoms with Crippen molar-refractivity contribution in [2.75, 3.05) is 33.1 Å². The number of aromatic nitrogens is 1. The maximum Gasteiger partial charge on any atom is 0.269 e. The van der Waals surface area contributed by atoms with Crippen LogP contribution < -0.4 is 11.1 Å². The van der Waals surface area contributed by atoms with Crippen LogP contribution in [0.3, 0.4) is 0 Å². The molecular weight excluding hydrogens is 222 g/mol. The van der Waals surface area contributed by atoms with Gasteiger partial charge in [-0.3, -0.25) is 4.79 Å². The summed E-state index contributed by atoms with van der Waals surface area (Å²) in [5, 5.41) is 2.71. The molecule has 94 valence electrons. The van der Waals surface area contributed by atoms with Crippen LogP contribution in [0.15, 0.2) is 18.3 Å². The molecule has 0 spiro atoms. The van der Waals surface area contributed by atoms with E-state index in [1.54, 1.807) is 26.4 Å². The summed E-state index contributed by atoms with van der Waals surface area (Å²) in [5.41, 5.74) is 6.33. The van der Waals surface area contributed by atoms with Crippen molar-refractivity contribution in [1.29, 1.82) is 0 Å². The van der Waals surface area contributed by atoms with Crippen molar-refractivity contribution in [2.45, 2.75) is 6.10 Å². The smallest absolute Gasteiger partial charge is 0.269 e. The van der Waals surface area contributed by atoms with Crippen LogP contribution in [-0.2, 0) is 9.47 Å². The lowest BCUT2D eigenvalue weighted by atomic mass is 10.3. The first-order valence-corrected chi connectivity index (χ1v) is 5.18. The summed E-state index contributed by atoms with van der Waals surface area (Å²) in [5.74, 6) is -0.261. The average Bonchev–Trinajstić information content (AvgIpc) is 2.35. The number of hydrogen-bond acceptors (Lipinski definition) is 5. The number of rotatable bonds is 6. The SMILES string of the molecule is COCC(CNC(=O)c1ccc(N)cn1)OC. The number of amides is 1. The van der Waals surface area contributed by atoms with Crippen LogP contribution in [0.5, 0.6) is 0 Å². The summed E-state index contributed by atoms with van der Waals surface area (Å²) in [6.45, 7) is 0.793. The van der Waals surface area contributed by atoms with Gasteiger partial charge in [-0.1, -0.05) is 0 Å². The van der Waals surface area contributed by atoms with E-state index in [-0.39, 0.29) is 12.0 Å². The molecular formula is C11H17N3O3. The van der Waals surface area contributed by atoms with Gasteiger partial charge in [0.1, 0.15) is 5.69 Å². The van der Waals surface area contributed by atoms with Crippen molar-refractivity contribution in [3.05, 3.63) is 24.0 Å². The van der Waals surface area contributed by atoms with E-state index in [2.05, 4.69) is 10.3 Å². The zero-order valence-electron chi connectivity index (χ0n) is 9.97. The van der Waals surface area contributed by atoms with Crippen molar-refractivity contribution < 1.29 is 14.3 Å². The third-order valence-electron chi connectivity index (χ3n) is 2.20. The predicted molar refractivity (Wildman–Crippen MR) is 63.7 cm³/mol. The fourth-order valence-corrected chi connectivity index (χ4v) is 1.23. The maximum atomic E-state index is 11.7. The quantitative estimate of drug-likeness (QED) is 0.732. The number of nitrogens with zero attached hydrogens (tertiary/aromatic N) is 1. The minimum Gasteiger partial charge on any atom is -0.397 e. The van der Waals surface area contributed by atoms with Gasteiger partial charge in [0.25, 0.3) is 5.91 Å². The summed E-state index contributed by atoms with van der Waals surface area (Å²) in [4.78, 5) is 15.6. The van der Waals surface area contributed by atoms with E-state index in [1.807, 2.05) is 0 Å². The van der Waals surface area contributed by atoms with E-state index in [9.17, 15) is 4.79 Å². The third kappa shape index (κ3) is 4.38. The Labute approximate surface area is 100 Å². The van der Waals surface area contributed by atoms with Crippen LogP contribution >= 0.6 is 0 Å². The van der Waals surface area contributed by atoms with Crippen LogP contribution in [0, 0.1) is 0 Å². The van der Waals surface area contributed by atoms with Gasteiger partial charge in [-0.2, -0.15) is 0 Å². The van der Waals surface area contributed by atoms with Gasteiger partial charge in [0.05, 0.1) is 24.6 Å². The van der Waals surface area contributed by atoms with Crippen LogP contribution in [0.1, 0.15) is 10.5 Å². The first-order chi connectivity index (χ1) is 8.17. The van der Waals surface area contributed by atoms with Crippen molar-refractivity contribution >= 4 is 11.6 Å². The van der Waals surface area contributed by atoms with E-state index in [0.29, 0.717) is 24.5 Å².